The van der Waals surface area contributed by atoms with Gasteiger partial charge in [0.2, 0.25) is 0 Å². The Balaban J connectivity index is 0.00000161. The van der Waals surface area contributed by atoms with Crippen LogP contribution in [0.2, 0.25) is 0 Å². The van der Waals surface area contributed by atoms with Crippen LogP contribution in [0.4, 0.5) is 0 Å². The molecular formula is C15H14ClN3OS. The Labute approximate surface area is 132 Å². The molecule has 0 unspecified atom stereocenters. The number of H-pyrrole nitrogens is 1. The van der Waals surface area contributed by atoms with Gasteiger partial charge in [-0.05, 0) is 31.2 Å². The highest BCUT2D eigenvalue weighted by atomic mass is 35.5. The molecule has 0 saturated carbocycles. The highest BCUT2D eigenvalue weighted by molar-refractivity contribution is 7.09. The minimum atomic E-state index is -0.114. The van der Waals surface area contributed by atoms with E-state index in [0.717, 1.165) is 16.4 Å². The van der Waals surface area contributed by atoms with E-state index in [1.165, 1.54) is 0 Å². The molecule has 0 aliphatic heterocycles. The van der Waals surface area contributed by atoms with Gasteiger partial charge in [-0.15, -0.1) is 23.7 Å². The predicted molar refractivity (Wildman–Crippen MR) is 89.4 cm³/mol. The number of hydrogen-bond acceptors (Lipinski definition) is 3. The van der Waals surface area contributed by atoms with Crippen LogP contribution in [0, 0.1) is 6.92 Å². The van der Waals surface area contributed by atoms with Gasteiger partial charge in [-0.25, -0.2) is 4.98 Å². The Morgan fingerprint density at radius 3 is 2.67 bits per heavy atom. The van der Waals surface area contributed by atoms with Crippen LogP contribution in [0.3, 0.4) is 0 Å². The molecular weight excluding hydrogens is 306 g/mol. The minimum absolute atomic E-state index is 0. The van der Waals surface area contributed by atoms with Gasteiger partial charge < -0.3 is 0 Å². The normalized spacial score (nSPS) is 10.7. The van der Waals surface area contributed by atoms with Gasteiger partial charge in [0.1, 0.15) is 0 Å². The van der Waals surface area contributed by atoms with Crippen molar-refractivity contribution in [2.75, 3.05) is 0 Å². The third kappa shape index (κ3) is 3.51. The lowest BCUT2D eigenvalue weighted by atomic mass is 10.3. The molecule has 4 nitrogen and oxygen atoms in total. The Morgan fingerprint density at radius 2 is 2.00 bits per heavy atom. The molecule has 6 heteroatoms. The molecule has 108 valence electrons. The van der Waals surface area contributed by atoms with Crippen LogP contribution in [-0.4, -0.2) is 14.8 Å². The SMILES string of the molecule is Cc1nc(/C=C/c2cn(-c3ccccc3)[nH]c2=O)cs1.Cl. The summed E-state index contributed by atoms with van der Waals surface area (Å²) in [6, 6.07) is 9.68. The lowest BCUT2D eigenvalue weighted by molar-refractivity contribution is 0.864. The van der Waals surface area contributed by atoms with E-state index in [9.17, 15) is 4.79 Å². The zero-order valence-electron chi connectivity index (χ0n) is 11.3. The van der Waals surface area contributed by atoms with Crippen molar-refractivity contribution in [1.29, 1.82) is 0 Å². The summed E-state index contributed by atoms with van der Waals surface area (Å²) in [5.41, 5.74) is 2.30. The van der Waals surface area contributed by atoms with E-state index >= 15 is 0 Å². The van der Waals surface area contributed by atoms with Gasteiger partial charge in [0, 0.05) is 11.6 Å². The summed E-state index contributed by atoms with van der Waals surface area (Å²) in [4.78, 5) is 16.2. The molecule has 3 rings (SSSR count). The van der Waals surface area contributed by atoms with Crippen molar-refractivity contribution in [2.45, 2.75) is 6.92 Å². The summed E-state index contributed by atoms with van der Waals surface area (Å²) >= 11 is 1.59. The molecule has 0 fully saturated rings. The fourth-order valence-electron chi connectivity index (χ4n) is 1.88. The minimum Gasteiger partial charge on any atom is -0.267 e. The summed E-state index contributed by atoms with van der Waals surface area (Å²) < 4.78 is 1.72. The van der Waals surface area contributed by atoms with Crippen molar-refractivity contribution < 1.29 is 0 Å². The number of nitrogens with zero attached hydrogens (tertiary/aromatic N) is 2. The first-order valence-corrected chi connectivity index (χ1v) is 7.07. The van der Waals surface area contributed by atoms with E-state index in [0.29, 0.717) is 5.56 Å². The van der Waals surface area contributed by atoms with E-state index in [1.807, 2.05) is 48.7 Å². The first-order valence-electron chi connectivity index (χ1n) is 6.20. The van der Waals surface area contributed by atoms with Crippen LogP contribution < -0.4 is 5.56 Å². The Morgan fingerprint density at radius 1 is 1.24 bits per heavy atom. The van der Waals surface area contributed by atoms with Crippen molar-refractivity contribution in [3.63, 3.8) is 0 Å². The standard InChI is InChI=1S/C15H13N3OS.ClH/c1-11-16-13(10-20-11)8-7-12-9-18(17-15(12)19)14-5-3-2-4-6-14;/h2-10H,1H3,(H,17,19);1H/b8-7+;. The molecule has 0 radical (unpaired) electrons. The zero-order chi connectivity index (χ0) is 13.9. The highest BCUT2D eigenvalue weighted by Gasteiger charge is 2.02. The second-order valence-corrected chi connectivity index (χ2v) is 5.42. The van der Waals surface area contributed by atoms with Crippen molar-refractivity contribution in [3.8, 4) is 5.69 Å². The molecule has 2 aromatic heterocycles. The van der Waals surface area contributed by atoms with Crippen molar-refractivity contribution in [2.24, 2.45) is 0 Å². The predicted octanol–water partition coefficient (Wildman–Crippen LogP) is 3.52. The van der Waals surface area contributed by atoms with E-state index in [2.05, 4.69) is 10.1 Å². The van der Waals surface area contributed by atoms with Crippen molar-refractivity contribution >= 4 is 35.9 Å². The molecule has 0 aliphatic carbocycles. The van der Waals surface area contributed by atoms with Crippen LogP contribution in [0.1, 0.15) is 16.3 Å². The van der Waals surface area contributed by atoms with E-state index < -0.39 is 0 Å². The van der Waals surface area contributed by atoms with Gasteiger partial charge in [-0.1, -0.05) is 18.2 Å². The number of nitrogens with one attached hydrogen (secondary N) is 1. The van der Waals surface area contributed by atoms with Gasteiger partial charge >= 0.3 is 0 Å². The van der Waals surface area contributed by atoms with Crippen LogP contribution in [0.5, 0.6) is 0 Å². The van der Waals surface area contributed by atoms with Gasteiger partial charge in [0.05, 0.1) is 22.0 Å². The first kappa shape index (κ1) is 15.3. The van der Waals surface area contributed by atoms with Gasteiger partial charge in [0.15, 0.2) is 0 Å². The number of aromatic amines is 1. The molecule has 0 saturated heterocycles. The van der Waals surface area contributed by atoms with Crippen LogP contribution in [-0.2, 0) is 0 Å². The first-order chi connectivity index (χ1) is 9.72. The molecule has 0 amide bonds. The summed E-state index contributed by atoms with van der Waals surface area (Å²) in [6.45, 7) is 1.96. The molecule has 0 aliphatic rings. The second kappa shape index (κ2) is 6.56. The summed E-state index contributed by atoms with van der Waals surface area (Å²) in [5.74, 6) is 0. The molecule has 0 spiro atoms. The lowest BCUT2D eigenvalue weighted by Crippen LogP contribution is -2.04. The van der Waals surface area contributed by atoms with E-state index in [4.69, 9.17) is 0 Å². The largest absolute Gasteiger partial charge is 0.271 e. The molecule has 0 atom stereocenters. The average molecular weight is 320 g/mol. The van der Waals surface area contributed by atoms with Gasteiger partial charge in [-0.3, -0.25) is 14.6 Å². The molecule has 1 aromatic carbocycles. The number of benzene rings is 1. The Hall–Kier alpha value is -2.11. The summed E-state index contributed by atoms with van der Waals surface area (Å²) in [7, 11) is 0. The maximum absolute atomic E-state index is 11.9. The lowest BCUT2D eigenvalue weighted by Gasteiger charge is -1.99. The van der Waals surface area contributed by atoms with Crippen molar-refractivity contribution in [1.82, 2.24) is 14.8 Å². The van der Waals surface area contributed by atoms with Crippen LogP contribution in [0.25, 0.3) is 17.8 Å². The number of halogens is 1. The smallest absolute Gasteiger partial charge is 0.267 e. The topological polar surface area (TPSA) is 50.7 Å². The number of aryl methyl sites for hydroxylation is 1. The van der Waals surface area contributed by atoms with Crippen LogP contribution in [0.15, 0.2) is 46.7 Å². The summed E-state index contributed by atoms with van der Waals surface area (Å²) in [5, 5.41) is 5.78. The number of para-hydroxylation sites is 1. The quantitative estimate of drug-likeness (QED) is 0.803. The maximum atomic E-state index is 11.9. The Bertz CT molecular complexity index is 802. The molecule has 2 heterocycles. The number of thiazole rings is 1. The molecule has 21 heavy (non-hydrogen) atoms. The summed E-state index contributed by atoms with van der Waals surface area (Å²) in [6.07, 6.45) is 5.42. The third-order valence-corrected chi connectivity index (χ3v) is 3.65. The average Bonchev–Trinajstić information content (AvgIpc) is 3.04. The highest BCUT2D eigenvalue weighted by Crippen LogP contribution is 2.11. The molecule has 3 aromatic rings. The maximum Gasteiger partial charge on any atom is 0.271 e. The fourth-order valence-corrected chi connectivity index (χ4v) is 2.46. The van der Waals surface area contributed by atoms with E-state index in [-0.39, 0.29) is 18.0 Å². The number of rotatable bonds is 3. The Kier molecular flexibility index (Phi) is 4.77. The number of aromatic nitrogens is 3. The third-order valence-electron chi connectivity index (χ3n) is 2.86. The molecule has 0 bridgehead atoms. The van der Waals surface area contributed by atoms with Crippen LogP contribution >= 0.6 is 23.7 Å². The zero-order valence-corrected chi connectivity index (χ0v) is 12.9. The van der Waals surface area contributed by atoms with Gasteiger partial charge in [-0.2, -0.15) is 0 Å². The van der Waals surface area contributed by atoms with E-state index in [1.54, 1.807) is 28.3 Å². The monoisotopic (exact) mass is 319 g/mol. The van der Waals surface area contributed by atoms with Gasteiger partial charge in [0.25, 0.3) is 5.56 Å². The second-order valence-electron chi connectivity index (χ2n) is 4.36. The number of hydrogen-bond donors (Lipinski definition) is 1. The molecule has 1 N–H and O–H groups in total. The fraction of sp³-hybridized carbons (Fsp3) is 0.0667. The van der Waals surface area contributed by atoms with Crippen molar-refractivity contribution in [3.05, 3.63) is 68.5 Å².